The van der Waals surface area contributed by atoms with E-state index in [1.807, 2.05) is 0 Å². The quantitative estimate of drug-likeness (QED) is 0.871. The molecule has 1 aromatic rings. The summed E-state index contributed by atoms with van der Waals surface area (Å²) in [4.78, 5) is 11.6. The van der Waals surface area contributed by atoms with Crippen molar-refractivity contribution >= 4 is 21.6 Å². The van der Waals surface area contributed by atoms with Crippen molar-refractivity contribution in [3.63, 3.8) is 0 Å². The molecule has 1 aromatic heterocycles. The van der Waals surface area contributed by atoms with Crippen LogP contribution in [-0.2, 0) is 6.54 Å². The molecule has 14 heavy (non-hydrogen) atoms. The van der Waals surface area contributed by atoms with Gasteiger partial charge in [0.05, 0.1) is 10.7 Å². The zero-order valence-corrected chi connectivity index (χ0v) is 9.33. The van der Waals surface area contributed by atoms with E-state index in [2.05, 4.69) is 21.0 Å². The minimum Gasteiger partial charge on any atom is -0.393 e. The maximum absolute atomic E-state index is 11.6. The Labute approximate surface area is 90.2 Å². The fraction of sp³-hybridized carbons (Fsp3) is 0.556. The molecule has 1 saturated carbocycles. The van der Waals surface area contributed by atoms with Crippen LogP contribution in [0.1, 0.15) is 19.3 Å². The molecule has 0 bridgehead atoms. The third-order valence-electron chi connectivity index (χ3n) is 2.69. The van der Waals surface area contributed by atoms with Gasteiger partial charge in [-0.3, -0.25) is 4.79 Å². The molecule has 4 nitrogen and oxygen atoms in total. The lowest BCUT2D eigenvalue weighted by molar-refractivity contribution is 0.262. The highest BCUT2D eigenvalue weighted by Gasteiger charge is 2.19. The lowest BCUT2D eigenvalue weighted by atomic mass is 9.85. The predicted octanol–water partition coefficient (Wildman–Crippen LogP) is 1.39. The number of rotatable bonds is 2. The van der Waals surface area contributed by atoms with Gasteiger partial charge in [0.25, 0.3) is 5.56 Å². The molecule has 0 atom stereocenters. The molecule has 1 aliphatic carbocycles. The first-order chi connectivity index (χ1) is 6.68. The molecule has 0 amide bonds. The minimum absolute atomic E-state index is 0.189. The molecule has 2 rings (SSSR count). The van der Waals surface area contributed by atoms with Gasteiger partial charge in [-0.25, -0.2) is 4.68 Å². The van der Waals surface area contributed by atoms with Crippen molar-refractivity contribution < 1.29 is 0 Å². The second kappa shape index (κ2) is 3.73. The van der Waals surface area contributed by atoms with E-state index in [0.29, 0.717) is 16.9 Å². The monoisotopic (exact) mass is 257 g/mol. The van der Waals surface area contributed by atoms with E-state index in [1.54, 1.807) is 6.20 Å². The van der Waals surface area contributed by atoms with Crippen LogP contribution >= 0.6 is 15.9 Å². The van der Waals surface area contributed by atoms with Gasteiger partial charge in [-0.2, -0.15) is 5.10 Å². The zero-order chi connectivity index (χ0) is 10.1. The molecule has 0 aromatic carbocycles. The molecular formula is C9H12BrN3O. The van der Waals surface area contributed by atoms with Crippen molar-refractivity contribution in [3.05, 3.63) is 21.0 Å². The van der Waals surface area contributed by atoms with Crippen molar-refractivity contribution in [2.75, 3.05) is 5.73 Å². The van der Waals surface area contributed by atoms with E-state index in [0.717, 1.165) is 0 Å². The number of hydrogen-bond donors (Lipinski definition) is 1. The molecule has 1 fully saturated rings. The van der Waals surface area contributed by atoms with Crippen molar-refractivity contribution in [2.24, 2.45) is 5.92 Å². The van der Waals surface area contributed by atoms with E-state index in [9.17, 15) is 4.79 Å². The first-order valence-electron chi connectivity index (χ1n) is 4.69. The van der Waals surface area contributed by atoms with Gasteiger partial charge in [0.1, 0.15) is 5.69 Å². The van der Waals surface area contributed by atoms with Gasteiger partial charge in [0, 0.05) is 6.54 Å². The molecule has 1 heterocycles. The lowest BCUT2D eigenvalue weighted by Gasteiger charge is -2.25. The van der Waals surface area contributed by atoms with Crippen LogP contribution in [0.25, 0.3) is 0 Å². The lowest BCUT2D eigenvalue weighted by Crippen LogP contribution is -2.30. The predicted molar refractivity (Wildman–Crippen MR) is 58.0 cm³/mol. The van der Waals surface area contributed by atoms with Gasteiger partial charge >= 0.3 is 0 Å². The van der Waals surface area contributed by atoms with Crippen LogP contribution in [0.2, 0.25) is 0 Å². The summed E-state index contributed by atoms with van der Waals surface area (Å²) in [6, 6.07) is 0. The van der Waals surface area contributed by atoms with Crippen molar-refractivity contribution in [1.29, 1.82) is 0 Å². The Morgan fingerprint density at radius 2 is 2.36 bits per heavy atom. The fourth-order valence-corrected chi connectivity index (χ4v) is 1.79. The average molecular weight is 258 g/mol. The molecule has 2 N–H and O–H groups in total. The zero-order valence-electron chi connectivity index (χ0n) is 7.74. The molecule has 5 heteroatoms. The third-order valence-corrected chi connectivity index (χ3v) is 3.32. The van der Waals surface area contributed by atoms with Crippen molar-refractivity contribution in [3.8, 4) is 0 Å². The summed E-state index contributed by atoms with van der Waals surface area (Å²) >= 11 is 3.18. The highest BCUT2D eigenvalue weighted by Crippen LogP contribution is 2.27. The summed E-state index contributed by atoms with van der Waals surface area (Å²) in [5, 5.41) is 4.04. The summed E-state index contributed by atoms with van der Waals surface area (Å²) < 4.78 is 2.04. The van der Waals surface area contributed by atoms with E-state index < -0.39 is 0 Å². The highest BCUT2D eigenvalue weighted by atomic mass is 79.9. The summed E-state index contributed by atoms with van der Waals surface area (Å²) in [6.07, 6.45) is 5.25. The SMILES string of the molecule is Nc1c(Br)cnn(CC2CCC2)c1=O. The van der Waals surface area contributed by atoms with Crippen LogP contribution in [-0.4, -0.2) is 9.78 Å². The molecule has 0 radical (unpaired) electrons. The van der Waals surface area contributed by atoms with E-state index in [-0.39, 0.29) is 11.2 Å². The van der Waals surface area contributed by atoms with Crippen LogP contribution < -0.4 is 11.3 Å². The van der Waals surface area contributed by atoms with Crippen LogP contribution in [0.15, 0.2) is 15.5 Å². The van der Waals surface area contributed by atoms with Crippen molar-refractivity contribution in [2.45, 2.75) is 25.8 Å². The van der Waals surface area contributed by atoms with Gasteiger partial charge in [0.15, 0.2) is 0 Å². The number of nitrogen functional groups attached to an aromatic ring is 1. The van der Waals surface area contributed by atoms with Gasteiger partial charge < -0.3 is 5.73 Å². The number of nitrogens with zero attached hydrogens (tertiary/aromatic N) is 2. The average Bonchev–Trinajstić information content (AvgIpc) is 2.10. The Balaban J connectivity index is 2.25. The number of anilines is 1. The number of aromatic nitrogens is 2. The molecule has 0 spiro atoms. The maximum Gasteiger partial charge on any atom is 0.291 e. The molecule has 0 saturated heterocycles. The third kappa shape index (κ3) is 1.68. The molecule has 0 aliphatic heterocycles. The van der Waals surface area contributed by atoms with E-state index >= 15 is 0 Å². The molecular weight excluding hydrogens is 246 g/mol. The highest BCUT2D eigenvalue weighted by molar-refractivity contribution is 9.10. The summed E-state index contributed by atoms with van der Waals surface area (Å²) in [6.45, 7) is 0.705. The van der Waals surface area contributed by atoms with Crippen molar-refractivity contribution in [1.82, 2.24) is 9.78 Å². The number of nitrogens with two attached hydrogens (primary N) is 1. The topological polar surface area (TPSA) is 60.9 Å². The Kier molecular flexibility index (Phi) is 2.58. The Morgan fingerprint density at radius 1 is 1.64 bits per heavy atom. The largest absolute Gasteiger partial charge is 0.393 e. The summed E-state index contributed by atoms with van der Waals surface area (Å²) in [5.41, 5.74) is 5.66. The van der Waals surface area contributed by atoms with Crippen LogP contribution in [0.5, 0.6) is 0 Å². The van der Waals surface area contributed by atoms with Gasteiger partial charge in [-0.15, -0.1) is 0 Å². The minimum atomic E-state index is -0.189. The van der Waals surface area contributed by atoms with Crippen LogP contribution in [0.4, 0.5) is 5.69 Å². The maximum atomic E-state index is 11.6. The second-order valence-electron chi connectivity index (χ2n) is 3.69. The first kappa shape index (κ1) is 9.71. The molecule has 76 valence electrons. The fourth-order valence-electron chi connectivity index (χ4n) is 1.53. The second-order valence-corrected chi connectivity index (χ2v) is 4.54. The Morgan fingerprint density at radius 3 is 2.93 bits per heavy atom. The van der Waals surface area contributed by atoms with E-state index in [4.69, 9.17) is 5.73 Å². The molecule has 0 unspecified atom stereocenters. The number of hydrogen-bond acceptors (Lipinski definition) is 3. The van der Waals surface area contributed by atoms with Gasteiger partial charge in [0.2, 0.25) is 0 Å². The normalized spacial score (nSPS) is 16.6. The smallest absolute Gasteiger partial charge is 0.291 e. The number of halogens is 1. The molecule has 1 aliphatic rings. The Hall–Kier alpha value is -0.840. The summed E-state index contributed by atoms with van der Waals surface area (Å²) in [7, 11) is 0. The van der Waals surface area contributed by atoms with Gasteiger partial charge in [-0.1, -0.05) is 6.42 Å². The van der Waals surface area contributed by atoms with E-state index in [1.165, 1.54) is 23.9 Å². The first-order valence-corrected chi connectivity index (χ1v) is 5.49. The van der Waals surface area contributed by atoms with Crippen LogP contribution in [0.3, 0.4) is 0 Å². The summed E-state index contributed by atoms with van der Waals surface area (Å²) in [5.74, 6) is 0.612. The van der Waals surface area contributed by atoms with Gasteiger partial charge in [-0.05, 0) is 34.7 Å². The standard InChI is InChI=1S/C9H12BrN3O/c10-7-4-12-13(9(14)8(7)11)5-6-2-1-3-6/h4,6H,1-3,5,11H2. The van der Waals surface area contributed by atoms with Crippen LogP contribution in [0, 0.1) is 5.92 Å². The Bertz CT molecular complexity index is 398.